The summed E-state index contributed by atoms with van der Waals surface area (Å²) < 4.78 is 10.9. The van der Waals surface area contributed by atoms with Crippen LogP contribution in [-0.4, -0.2) is 57.8 Å². The standard InChI is InChI=1S/C22H29N3O3/c1-5-28-20-9-6-17(15-21(20)27-4)22(26)23-19-8-7-18(14-16(19)2)25-12-10-24(3)11-13-25/h6-9,14-15H,5,10-13H2,1-4H3,(H,23,26). The van der Waals surface area contributed by atoms with Gasteiger partial charge in [0.1, 0.15) is 0 Å². The number of hydrogen-bond acceptors (Lipinski definition) is 5. The molecule has 1 amide bonds. The number of likely N-dealkylation sites (N-methyl/N-ethyl adjacent to an activating group) is 1. The molecule has 28 heavy (non-hydrogen) atoms. The number of aryl methyl sites for hydroxylation is 1. The summed E-state index contributed by atoms with van der Waals surface area (Å²) in [6.07, 6.45) is 0. The number of hydrogen-bond donors (Lipinski definition) is 1. The van der Waals surface area contributed by atoms with E-state index in [4.69, 9.17) is 9.47 Å². The third-order valence-electron chi connectivity index (χ3n) is 5.05. The van der Waals surface area contributed by atoms with Crippen LogP contribution in [0.2, 0.25) is 0 Å². The van der Waals surface area contributed by atoms with Crippen molar-refractivity contribution in [2.75, 3.05) is 57.2 Å². The van der Waals surface area contributed by atoms with E-state index in [0.29, 0.717) is 23.7 Å². The van der Waals surface area contributed by atoms with Crippen molar-refractivity contribution < 1.29 is 14.3 Å². The highest BCUT2D eigenvalue weighted by atomic mass is 16.5. The molecule has 0 aromatic heterocycles. The summed E-state index contributed by atoms with van der Waals surface area (Å²) in [5.41, 5.74) is 3.59. The molecule has 0 aliphatic carbocycles. The second kappa shape index (κ2) is 8.97. The Morgan fingerprint density at radius 1 is 1.07 bits per heavy atom. The zero-order valence-electron chi connectivity index (χ0n) is 17.1. The van der Waals surface area contributed by atoms with Gasteiger partial charge in [0.05, 0.1) is 13.7 Å². The molecule has 0 atom stereocenters. The highest BCUT2D eigenvalue weighted by Gasteiger charge is 2.16. The van der Waals surface area contributed by atoms with E-state index < -0.39 is 0 Å². The number of benzene rings is 2. The molecule has 2 aromatic carbocycles. The number of piperazine rings is 1. The number of methoxy groups -OCH3 is 1. The Labute approximate surface area is 167 Å². The van der Waals surface area contributed by atoms with Gasteiger partial charge in [-0.25, -0.2) is 0 Å². The molecular formula is C22H29N3O3. The largest absolute Gasteiger partial charge is 0.493 e. The van der Waals surface area contributed by atoms with Crippen LogP contribution in [0.4, 0.5) is 11.4 Å². The number of anilines is 2. The smallest absolute Gasteiger partial charge is 0.255 e. The third kappa shape index (κ3) is 4.57. The van der Waals surface area contributed by atoms with E-state index in [0.717, 1.165) is 37.4 Å². The molecule has 6 heteroatoms. The molecule has 3 rings (SSSR count). The Morgan fingerprint density at radius 3 is 2.46 bits per heavy atom. The maximum Gasteiger partial charge on any atom is 0.255 e. The van der Waals surface area contributed by atoms with E-state index in [-0.39, 0.29) is 5.91 Å². The lowest BCUT2D eigenvalue weighted by atomic mass is 10.1. The van der Waals surface area contributed by atoms with Crippen LogP contribution < -0.4 is 19.7 Å². The highest BCUT2D eigenvalue weighted by molar-refractivity contribution is 6.05. The summed E-state index contributed by atoms with van der Waals surface area (Å²) in [4.78, 5) is 17.4. The van der Waals surface area contributed by atoms with E-state index in [9.17, 15) is 4.79 Å². The van der Waals surface area contributed by atoms with Crippen molar-refractivity contribution in [2.45, 2.75) is 13.8 Å². The number of nitrogens with zero attached hydrogens (tertiary/aromatic N) is 2. The average Bonchev–Trinajstić information content (AvgIpc) is 2.70. The lowest BCUT2D eigenvalue weighted by Gasteiger charge is -2.34. The highest BCUT2D eigenvalue weighted by Crippen LogP contribution is 2.29. The van der Waals surface area contributed by atoms with Crippen LogP contribution in [0.15, 0.2) is 36.4 Å². The zero-order valence-corrected chi connectivity index (χ0v) is 17.1. The summed E-state index contributed by atoms with van der Waals surface area (Å²) >= 11 is 0. The van der Waals surface area contributed by atoms with Crippen LogP contribution in [0, 0.1) is 6.92 Å². The lowest BCUT2D eigenvalue weighted by Crippen LogP contribution is -2.44. The van der Waals surface area contributed by atoms with Gasteiger partial charge < -0.3 is 24.6 Å². The van der Waals surface area contributed by atoms with E-state index >= 15 is 0 Å². The number of rotatable bonds is 6. The van der Waals surface area contributed by atoms with E-state index in [2.05, 4.69) is 34.3 Å². The molecule has 0 bridgehead atoms. The fourth-order valence-electron chi connectivity index (χ4n) is 3.33. The summed E-state index contributed by atoms with van der Waals surface area (Å²) in [7, 11) is 3.72. The Morgan fingerprint density at radius 2 is 1.82 bits per heavy atom. The minimum absolute atomic E-state index is 0.170. The van der Waals surface area contributed by atoms with Crippen molar-refractivity contribution >= 4 is 17.3 Å². The summed E-state index contributed by atoms with van der Waals surface area (Å²) in [6.45, 7) is 8.65. The minimum Gasteiger partial charge on any atom is -0.493 e. The molecule has 0 spiro atoms. The number of amides is 1. The third-order valence-corrected chi connectivity index (χ3v) is 5.05. The Kier molecular flexibility index (Phi) is 6.41. The van der Waals surface area contributed by atoms with Crippen molar-refractivity contribution in [1.29, 1.82) is 0 Å². The SMILES string of the molecule is CCOc1ccc(C(=O)Nc2ccc(N3CCN(C)CC3)cc2C)cc1OC. The van der Waals surface area contributed by atoms with Gasteiger partial charge in [0.25, 0.3) is 5.91 Å². The van der Waals surface area contributed by atoms with Crippen LogP contribution in [0.25, 0.3) is 0 Å². The van der Waals surface area contributed by atoms with Crippen LogP contribution >= 0.6 is 0 Å². The summed E-state index contributed by atoms with van der Waals surface area (Å²) in [5.74, 6) is 1.02. The van der Waals surface area contributed by atoms with Gasteiger partial charge in [-0.1, -0.05) is 0 Å². The quantitative estimate of drug-likeness (QED) is 0.829. The molecule has 1 heterocycles. The van der Waals surface area contributed by atoms with Crippen LogP contribution in [0.1, 0.15) is 22.8 Å². The van der Waals surface area contributed by atoms with E-state index in [1.165, 1.54) is 5.69 Å². The van der Waals surface area contributed by atoms with Gasteiger partial charge in [0.15, 0.2) is 11.5 Å². The second-order valence-electron chi connectivity index (χ2n) is 7.04. The second-order valence-corrected chi connectivity index (χ2v) is 7.04. The Bertz CT molecular complexity index is 830. The van der Waals surface area contributed by atoms with Gasteiger partial charge in [-0.2, -0.15) is 0 Å². The molecule has 150 valence electrons. The first-order valence-electron chi connectivity index (χ1n) is 9.68. The predicted molar refractivity (Wildman–Crippen MR) is 113 cm³/mol. The lowest BCUT2D eigenvalue weighted by molar-refractivity contribution is 0.102. The van der Waals surface area contributed by atoms with Crippen molar-refractivity contribution in [3.63, 3.8) is 0 Å². The van der Waals surface area contributed by atoms with Crippen LogP contribution in [0.3, 0.4) is 0 Å². The first kappa shape index (κ1) is 20.0. The van der Waals surface area contributed by atoms with E-state index in [1.54, 1.807) is 25.3 Å². The zero-order chi connectivity index (χ0) is 20.1. The van der Waals surface area contributed by atoms with Gasteiger partial charge in [-0.3, -0.25) is 4.79 Å². The van der Waals surface area contributed by atoms with Crippen LogP contribution in [-0.2, 0) is 0 Å². The topological polar surface area (TPSA) is 54.0 Å². The number of ether oxygens (including phenoxy) is 2. The summed E-state index contributed by atoms with van der Waals surface area (Å²) in [6, 6.07) is 11.4. The minimum atomic E-state index is -0.170. The number of nitrogens with one attached hydrogen (secondary N) is 1. The molecule has 0 radical (unpaired) electrons. The van der Waals surface area contributed by atoms with Gasteiger partial charge >= 0.3 is 0 Å². The number of carbonyl (C=O) groups is 1. The normalized spacial score (nSPS) is 14.6. The van der Waals surface area contributed by atoms with Crippen molar-refractivity contribution in [3.8, 4) is 11.5 Å². The molecule has 2 aromatic rings. The van der Waals surface area contributed by atoms with Crippen molar-refractivity contribution in [1.82, 2.24) is 4.90 Å². The van der Waals surface area contributed by atoms with Crippen LogP contribution in [0.5, 0.6) is 11.5 Å². The summed E-state index contributed by atoms with van der Waals surface area (Å²) in [5, 5.41) is 3.00. The monoisotopic (exact) mass is 383 g/mol. The molecule has 0 unspecified atom stereocenters. The molecule has 0 saturated carbocycles. The first-order valence-corrected chi connectivity index (χ1v) is 9.68. The maximum absolute atomic E-state index is 12.7. The van der Waals surface area contributed by atoms with E-state index in [1.807, 2.05) is 19.9 Å². The first-order chi connectivity index (χ1) is 13.5. The molecule has 1 N–H and O–H groups in total. The Balaban J connectivity index is 1.72. The van der Waals surface area contributed by atoms with Gasteiger partial charge in [-0.15, -0.1) is 0 Å². The molecule has 1 saturated heterocycles. The predicted octanol–water partition coefficient (Wildman–Crippen LogP) is 3.41. The molecule has 1 aliphatic heterocycles. The molecule has 6 nitrogen and oxygen atoms in total. The Hall–Kier alpha value is -2.73. The van der Waals surface area contributed by atoms with Gasteiger partial charge in [0.2, 0.25) is 0 Å². The molecule has 1 aliphatic rings. The fraction of sp³-hybridized carbons (Fsp3) is 0.409. The van der Waals surface area contributed by atoms with Gasteiger partial charge in [0, 0.05) is 43.1 Å². The average molecular weight is 383 g/mol. The van der Waals surface area contributed by atoms with Crippen molar-refractivity contribution in [2.24, 2.45) is 0 Å². The fourth-order valence-corrected chi connectivity index (χ4v) is 3.33. The number of carbonyl (C=O) groups excluding carboxylic acids is 1. The maximum atomic E-state index is 12.7. The van der Waals surface area contributed by atoms with Gasteiger partial charge in [-0.05, 0) is 62.9 Å². The molecule has 1 fully saturated rings. The molecular weight excluding hydrogens is 354 g/mol. The van der Waals surface area contributed by atoms with Crippen molar-refractivity contribution in [3.05, 3.63) is 47.5 Å².